The van der Waals surface area contributed by atoms with Crippen molar-refractivity contribution < 1.29 is 9.53 Å². The topological polar surface area (TPSA) is 65.2 Å². The minimum atomic E-state index is -0.0788. The predicted octanol–water partition coefficient (Wildman–Crippen LogP) is 4.79. The Kier molecular flexibility index (Phi) is 4.14. The average Bonchev–Trinajstić information content (AvgIpc) is 3.04. The van der Waals surface area contributed by atoms with Crippen LogP contribution in [-0.4, -0.2) is 17.9 Å². The Morgan fingerprint density at radius 3 is 2.50 bits per heavy atom. The lowest BCUT2D eigenvalue weighted by atomic mass is 10.1. The monoisotopic (exact) mass is 360 g/mol. The number of ether oxygens (including phenoxy) is 1. The number of carbonyl (C=O) groups is 1. The Labute approximate surface area is 154 Å². The number of pyridine rings is 1. The zero-order valence-electron chi connectivity index (χ0n) is 14.1. The largest absolute Gasteiger partial charge is 0.496 e. The van der Waals surface area contributed by atoms with E-state index in [2.05, 4.69) is 0 Å². The summed E-state index contributed by atoms with van der Waals surface area (Å²) < 4.78 is 5.42. The Balaban J connectivity index is 1.82. The average molecular weight is 360 g/mol. The normalized spacial score (nSPS) is 10.8. The van der Waals surface area contributed by atoms with Crippen LogP contribution in [0.4, 0.5) is 5.69 Å². The second kappa shape index (κ2) is 6.61. The Morgan fingerprint density at radius 1 is 1.00 bits per heavy atom. The van der Waals surface area contributed by atoms with Crippen molar-refractivity contribution in [1.82, 2.24) is 4.98 Å². The van der Waals surface area contributed by atoms with Crippen molar-refractivity contribution in [3.05, 3.63) is 77.2 Å². The van der Waals surface area contributed by atoms with Crippen LogP contribution in [0.15, 0.2) is 66.7 Å². The number of hydrogen-bond acceptors (Lipinski definition) is 5. The zero-order chi connectivity index (χ0) is 18.1. The van der Waals surface area contributed by atoms with Crippen LogP contribution in [0.1, 0.15) is 15.2 Å². The Morgan fingerprint density at radius 2 is 1.73 bits per heavy atom. The SMILES string of the molecule is COc1ccccc1-c1ccc2c(N)c(C(=O)c3ccccc3)sc2n1. The van der Waals surface area contributed by atoms with Crippen LogP contribution in [0.3, 0.4) is 0 Å². The number of carbonyl (C=O) groups excluding carboxylic acids is 1. The van der Waals surface area contributed by atoms with Gasteiger partial charge in [-0.25, -0.2) is 4.98 Å². The highest BCUT2D eigenvalue weighted by Crippen LogP contribution is 2.37. The number of nitrogen functional groups attached to an aromatic ring is 1. The van der Waals surface area contributed by atoms with Crippen LogP contribution in [0.5, 0.6) is 5.75 Å². The predicted molar refractivity (Wildman–Crippen MR) is 106 cm³/mol. The van der Waals surface area contributed by atoms with E-state index in [1.165, 1.54) is 11.3 Å². The summed E-state index contributed by atoms with van der Waals surface area (Å²) >= 11 is 1.32. The summed E-state index contributed by atoms with van der Waals surface area (Å²) in [6.07, 6.45) is 0. The molecule has 2 heterocycles. The lowest BCUT2D eigenvalue weighted by Crippen LogP contribution is -2.01. The number of hydrogen-bond donors (Lipinski definition) is 1. The summed E-state index contributed by atoms with van der Waals surface area (Å²) in [4.78, 5) is 18.8. The number of para-hydroxylation sites is 1. The van der Waals surface area contributed by atoms with Crippen LogP contribution >= 0.6 is 11.3 Å². The molecule has 0 unspecified atom stereocenters. The first kappa shape index (κ1) is 16.3. The molecule has 0 saturated carbocycles. The minimum Gasteiger partial charge on any atom is -0.496 e. The highest BCUT2D eigenvalue weighted by molar-refractivity contribution is 7.21. The maximum atomic E-state index is 12.8. The van der Waals surface area contributed by atoms with Gasteiger partial charge in [0.1, 0.15) is 15.5 Å². The molecule has 2 aromatic carbocycles. The number of benzene rings is 2. The molecule has 5 heteroatoms. The summed E-state index contributed by atoms with van der Waals surface area (Å²) in [6.45, 7) is 0. The second-order valence-corrected chi connectivity index (χ2v) is 6.79. The molecule has 4 rings (SSSR count). The van der Waals surface area contributed by atoms with Crippen LogP contribution in [0.25, 0.3) is 21.5 Å². The van der Waals surface area contributed by atoms with Crippen molar-refractivity contribution in [2.45, 2.75) is 0 Å². The maximum Gasteiger partial charge on any atom is 0.205 e. The number of rotatable bonds is 4. The molecule has 4 nitrogen and oxygen atoms in total. The molecule has 0 saturated heterocycles. The van der Waals surface area contributed by atoms with Gasteiger partial charge in [-0.3, -0.25) is 4.79 Å². The number of aromatic nitrogens is 1. The van der Waals surface area contributed by atoms with E-state index in [-0.39, 0.29) is 5.78 Å². The molecule has 0 bridgehead atoms. The first-order chi connectivity index (χ1) is 12.7. The number of thiophene rings is 1. The number of nitrogens with zero attached hydrogens (tertiary/aromatic N) is 1. The highest BCUT2D eigenvalue weighted by atomic mass is 32.1. The Bertz CT molecular complexity index is 1100. The van der Waals surface area contributed by atoms with Gasteiger partial charge in [0.25, 0.3) is 0 Å². The minimum absolute atomic E-state index is 0.0788. The lowest BCUT2D eigenvalue weighted by Gasteiger charge is -2.07. The molecular formula is C21H16N2O2S. The second-order valence-electron chi connectivity index (χ2n) is 5.79. The molecule has 0 spiro atoms. The van der Waals surface area contributed by atoms with E-state index in [9.17, 15) is 4.79 Å². The van der Waals surface area contributed by atoms with E-state index in [0.717, 1.165) is 27.2 Å². The van der Waals surface area contributed by atoms with Crippen molar-refractivity contribution in [1.29, 1.82) is 0 Å². The van der Waals surface area contributed by atoms with E-state index < -0.39 is 0 Å². The summed E-state index contributed by atoms with van der Waals surface area (Å²) in [6, 6.07) is 20.7. The quantitative estimate of drug-likeness (QED) is 0.532. The summed E-state index contributed by atoms with van der Waals surface area (Å²) in [5.74, 6) is 0.675. The number of nitrogens with two attached hydrogens (primary N) is 1. The van der Waals surface area contributed by atoms with Crippen LogP contribution in [-0.2, 0) is 0 Å². The number of fused-ring (bicyclic) bond motifs is 1. The Hall–Kier alpha value is -3.18. The van der Waals surface area contributed by atoms with E-state index in [4.69, 9.17) is 15.5 Å². The molecule has 0 atom stereocenters. The molecule has 4 aromatic rings. The van der Waals surface area contributed by atoms with E-state index in [1.807, 2.05) is 54.6 Å². The maximum absolute atomic E-state index is 12.8. The summed E-state index contributed by atoms with van der Waals surface area (Å²) in [5.41, 5.74) is 9.04. The van der Waals surface area contributed by atoms with Crippen molar-refractivity contribution in [3.63, 3.8) is 0 Å². The third-order valence-electron chi connectivity index (χ3n) is 4.22. The van der Waals surface area contributed by atoms with Gasteiger partial charge in [-0.2, -0.15) is 0 Å². The van der Waals surface area contributed by atoms with Gasteiger partial charge in [-0.1, -0.05) is 42.5 Å². The van der Waals surface area contributed by atoms with Crippen molar-refractivity contribution in [3.8, 4) is 17.0 Å². The molecule has 0 aliphatic rings. The highest BCUT2D eigenvalue weighted by Gasteiger charge is 2.19. The first-order valence-electron chi connectivity index (χ1n) is 8.11. The molecule has 0 radical (unpaired) electrons. The van der Waals surface area contributed by atoms with Gasteiger partial charge in [0.2, 0.25) is 5.78 Å². The molecule has 0 amide bonds. The standard InChI is InChI=1S/C21H16N2O2S/c1-25-17-10-6-5-9-14(17)16-12-11-15-18(22)20(26-21(15)23-16)19(24)13-7-3-2-4-8-13/h2-12H,22H2,1H3. The number of ketones is 1. The molecule has 0 aliphatic carbocycles. The zero-order valence-corrected chi connectivity index (χ0v) is 14.9. The molecule has 26 heavy (non-hydrogen) atoms. The summed E-state index contributed by atoms with van der Waals surface area (Å²) in [5, 5.41) is 0.799. The molecule has 128 valence electrons. The summed E-state index contributed by atoms with van der Waals surface area (Å²) in [7, 11) is 1.64. The third kappa shape index (κ3) is 2.72. The lowest BCUT2D eigenvalue weighted by molar-refractivity contribution is 0.104. The molecule has 0 fully saturated rings. The van der Waals surface area contributed by atoms with Gasteiger partial charge in [-0.15, -0.1) is 11.3 Å². The van der Waals surface area contributed by atoms with E-state index in [1.54, 1.807) is 19.2 Å². The fourth-order valence-corrected chi connectivity index (χ4v) is 3.95. The van der Waals surface area contributed by atoms with Gasteiger partial charge in [0.15, 0.2) is 0 Å². The van der Waals surface area contributed by atoms with Crippen molar-refractivity contribution >= 4 is 33.0 Å². The fraction of sp³-hybridized carbons (Fsp3) is 0.0476. The van der Waals surface area contributed by atoms with Crippen LogP contribution < -0.4 is 10.5 Å². The van der Waals surface area contributed by atoms with Gasteiger partial charge >= 0.3 is 0 Å². The van der Waals surface area contributed by atoms with Gasteiger partial charge in [0, 0.05) is 16.5 Å². The number of methoxy groups -OCH3 is 1. The molecule has 2 N–H and O–H groups in total. The van der Waals surface area contributed by atoms with Gasteiger partial charge in [-0.05, 0) is 24.3 Å². The van der Waals surface area contributed by atoms with Crippen LogP contribution in [0, 0.1) is 0 Å². The van der Waals surface area contributed by atoms with E-state index in [0.29, 0.717) is 16.1 Å². The van der Waals surface area contributed by atoms with Gasteiger partial charge in [0.05, 0.1) is 18.5 Å². The first-order valence-corrected chi connectivity index (χ1v) is 8.93. The molecule has 0 aliphatic heterocycles. The van der Waals surface area contributed by atoms with Crippen molar-refractivity contribution in [2.24, 2.45) is 0 Å². The van der Waals surface area contributed by atoms with Crippen molar-refractivity contribution in [2.75, 3.05) is 12.8 Å². The fourth-order valence-electron chi connectivity index (χ4n) is 2.89. The van der Waals surface area contributed by atoms with E-state index >= 15 is 0 Å². The van der Waals surface area contributed by atoms with Gasteiger partial charge < -0.3 is 10.5 Å². The smallest absolute Gasteiger partial charge is 0.205 e. The number of anilines is 1. The van der Waals surface area contributed by atoms with Crippen LogP contribution in [0.2, 0.25) is 0 Å². The molecular weight excluding hydrogens is 344 g/mol. The third-order valence-corrected chi connectivity index (χ3v) is 5.33. The molecule has 2 aromatic heterocycles.